The summed E-state index contributed by atoms with van der Waals surface area (Å²) >= 11 is 0. The van der Waals surface area contributed by atoms with Crippen molar-refractivity contribution in [3.63, 3.8) is 0 Å². The van der Waals surface area contributed by atoms with Gasteiger partial charge < -0.3 is 0 Å². The van der Waals surface area contributed by atoms with E-state index in [1.54, 1.807) is 0 Å². The molecule has 0 aliphatic carbocycles. The van der Waals surface area contributed by atoms with Gasteiger partial charge in [0.25, 0.3) is 0 Å². The predicted octanol–water partition coefficient (Wildman–Crippen LogP) is 10.5. The molecular weight excluding hydrogens is 560 g/mol. The van der Waals surface area contributed by atoms with Crippen LogP contribution in [-0.4, -0.2) is 19.9 Å². The van der Waals surface area contributed by atoms with E-state index in [0.29, 0.717) is 5.82 Å². The number of nitrogens with zero attached hydrogens (tertiary/aromatic N) is 4. The molecule has 3 heterocycles. The monoisotopic (exact) mass is 590 g/mol. The average Bonchev–Trinajstić information content (AvgIpc) is 3.12. The Morgan fingerprint density at radius 2 is 0.891 bits per heavy atom. The SMILES string of the molecule is Cc1ccc2ccc3c(-c4ccc(-c5cc(-c6ccc(-c7ccccc7)cc6)nc(-c6ccccc6)n5)cc4)cc(C)nc3c2n1. The van der Waals surface area contributed by atoms with Crippen LogP contribution in [0.5, 0.6) is 0 Å². The molecule has 0 unspecified atom stereocenters. The summed E-state index contributed by atoms with van der Waals surface area (Å²) < 4.78 is 0. The first-order chi connectivity index (χ1) is 22.6. The molecule has 0 saturated carbocycles. The Balaban J connectivity index is 1.21. The topological polar surface area (TPSA) is 51.6 Å². The van der Waals surface area contributed by atoms with Crippen LogP contribution in [0.15, 0.2) is 146 Å². The van der Waals surface area contributed by atoms with Gasteiger partial charge >= 0.3 is 0 Å². The summed E-state index contributed by atoms with van der Waals surface area (Å²) in [6, 6.07) is 50.6. The maximum atomic E-state index is 5.04. The molecule has 0 amide bonds. The van der Waals surface area contributed by atoms with E-state index in [1.165, 1.54) is 11.1 Å². The largest absolute Gasteiger partial charge is 0.251 e. The number of rotatable bonds is 5. The number of hydrogen-bond acceptors (Lipinski definition) is 4. The van der Waals surface area contributed by atoms with E-state index in [2.05, 4.69) is 115 Å². The van der Waals surface area contributed by atoms with E-state index in [0.717, 1.165) is 72.4 Å². The Morgan fingerprint density at radius 3 is 1.54 bits per heavy atom. The van der Waals surface area contributed by atoms with Crippen LogP contribution >= 0.6 is 0 Å². The molecule has 4 nitrogen and oxygen atoms in total. The van der Waals surface area contributed by atoms with Gasteiger partial charge in [0, 0.05) is 38.9 Å². The number of aryl methyl sites for hydroxylation is 2. The van der Waals surface area contributed by atoms with Gasteiger partial charge in [0.1, 0.15) is 0 Å². The molecule has 8 aromatic rings. The number of aromatic nitrogens is 4. The summed E-state index contributed by atoms with van der Waals surface area (Å²) in [6.07, 6.45) is 0. The van der Waals surface area contributed by atoms with Gasteiger partial charge in [-0.05, 0) is 54.3 Å². The molecule has 0 fully saturated rings. The highest BCUT2D eigenvalue weighted by molar-refractivity contribution is 6.08. The number of hydrogen-bond donors (Lipinski definition) is 0. The van der Waals surface area contributed by atoms with Gasteiger partial charge in [-0.25, -0.2) is 9.97 Å². The van der Waals surface area contributed by atoms with E-state index >= 15 is 0 Å². The van der Waals surface area contributed by atoms with Crippen LogP contribution in [0.25, 0.3) is 78.0 Å². The summed E-state index contributed by atoms with van der Waals surface area (Å²) in [4.78, 5) is 19.8. The Hall–Kier alpha value is -6.00. The highest BCUT2D eigenvalue weighted by atomic mass is 14.9. The molecule has 0 radical (unpaired) electrons. The van der Waals surface area contributed by atoms with Gasteiger partial charge in [-0.1, -0.05) is 127 Å². The van der Waals surface area contributed by atoms with Crippen molar-refractivity contribution in [2.45, 2.75) is 13.8 Å². The Kier molecular flexibility index (Phi) is 6.88. The number of fused-ring (bicyclic) bond motifs is 3. The van der Waals surface area contributed by atoms with Crippen LogP contribution in [0.2, 0.25) is 0 Å². The van der Waals surface area contributed by atoms with Gasteiger partial charge in [-0.2, -0.15) is 0 Å². The van der Waals surface area contributed by atoms with E-state index in [9.17, 15) is 0 Å². The van der Waals surface area contributed by atoms with Crippen molar-refractivity contribution in [1.82, 2.24) is 19.9 Å². The predicted molar refractivity (Wildman–Crippen MR) is 189 cm³/mol. The van der Waals surface area contributed by atoms with Crippen molar-refractivity contribution in [2.75, 3.05) is 0 Å². The van der Waals surface area contributed by atoms with E-state index in [1.807, 2.05) is 44.2 Å². The van der Waals surface area contributed by atoms with Gasteiger partial charge in [0.2, 0.25) is 0 Å². The molecule has 46 heavy (non-hydrogen) atoms. The minimum Gasteiger partial charge on any atom is -0.251 e. The smallest absolute Gasteiger partial charge is 0.160 e. The molecule has 5 aromatic carbocycles. The molecule has 4 heteroatoms. The van der Waals surface area contributed by atoms with Gasteiger partial charge in [-0.3, -0.25) is 9.97 Å². The van der Waals surface area contributed by atoms with Crippen molar-refractivity contribution in [3.8, 4) is 56.2 Å². The van der Waals surface area contributed by atoms with Crippen LogP contribution < -0.4 is 0 Å². The van der Waals surface area contributed by atoms with Crippen molar-refractivity contribution in [3.05, 3.63) is 157 Å². The maximum Gasteiger partial charge on any atom is 0.160 e. The van der Waals surface area contributed by atoms with Gasteiger partial charge in [-0.15, -0.1) is 0 Å². The quantitative estimate of drug-likeness (QED) is 0.187. The fourth-order valence-electron chi connectivity index (χ4n) is 6.08. The molecule has 0 aliphatic heterocycles. The van der Waals surface area contributed by atoms with Gasteiger partial charge in [0.05, 0.1) is 22.4 Å². The Bertz CT molecular complexity index is 2350. The summed E-state index contributed by atoms with van der Waals surface area (Å²) in [7, 11) is 0. The van der Waals surface area contributed by atoms with E-state index in [-0.39, 0.29) is 0 Å². The molecule has 0 N–H and O–H groups in total. The second-order valence-corrected chi connectivity index (χ2v) is 11.6. The highest BCUT2D eigenvalue weighted by Gasteiger charge is 2.14. The van der Waals surface area contributed by atoms with Crippen LogP contribution in [0, 0.1) is 13.8 Å². The molecule has 0 spiro atoms. The van der Waals surface area contributed by atoms with Crippen LogP contribution in [-0.2, 0) is 0 Å². The summed E-state index contributed by atoms with van der Waals surface area (Å²) in [5.41, 5.74) is 13.3. The van der Waals surface area contributed by atoms with Crippen LogP contribution in [0.1, 0.15) is 11.4 Å². The first-order valence-corrected chi connectivity index (χ1v) is 15.5. The van der Waals surface area contributed by atoms with Crippen molar-refractivity contribution < 1.29 is 0 Å². The fraction of sp³-hybridized carbons (Fsp3) is 0.0476. The second kappa shape index (κ2) is 11.5. The second-order valence-electron chi connectivity index (χ2n) is 11.6. The minimum atomic E-state index is 0.703. The lowest BCUT2D eigenvalue weighted by Crippen LogP contribution is -1.96. The van der Waals surface area contributed by atoms with Crippen molar-refractivity contribution >= 4 is 21.8 Å². The standard InChI is InChI=1S/C42H30N4/c1-27-13-14-34-23-24-36-37(25-28(2)44-41(36)40(34)43-27)31-17-21-33(22-18-31)39-26-38(45-42(46-39)35-11-7-4-8-12-35)32-19-15-30(16-20-32)29-9-5-3-6-10-29/h3-26H,1-2H3. The zero-order chi connectivity index (χ0) is 31.0. The number of benzene rings is 5. The molecular formula is C42H30N4. The Morgan fingerprint density at radius 1 is 0.370 bits per heavy atom. The van der Waals surface area contributed by atoms with E-state index < -0.39 is 0 Å². The molecule has 8 rings (SSSR count). The molecule has 0 atom stereocenters. The Labute approximate surface area is 268 Å². The molecule has 0 bridgehead atoms. The average molecular weight is 591 g/mol. The third kappa shape index (κ3) is 5.20. The zero-order valence-corrected chi connectivity index (χ0v) is 25.6. The van der Waals surface area contributed by atoms with Crippen molar-refractivity contribution in [2.24, 2.45) is 0 Å². The summed E-state index contributed by atoms with van der Waals surface area (Å²) in [5.74, 6) is 0.703. The maximum absolute atomic E-state index is 5.04. The first kappa shape index (κ1) is 27.5. The molecule has 0 saturated heterocycles. The lowest BCUT2D eigenvalue weighted by molar-refractivity contribution is 1.18. The third-order valence-electron chi connectivity index (χ3n) is 8.44. The van der Waals surface area contributed by atoms with Crippen LogP contribution in [0.3, 0.4) is 0 Å². The summed E-state index contributed by atoms with van der Waals surface area (Å²) in [5, 5.41) is 2.19. The first-order valence-electron chi connectivity index (χ1n) is 15.5. The zero-order valence-electron chi connectivity index (χ0n) is 25.6. The summed E-state index contributed by atoms with van der Waals surface area (Å²) in [6.45, 7) is 4.07. The van der Waals surface area contributed by atoms with Crippen molar-refractivity contribution in [1.29, 1.82) is 0 Å². The minimum absolute atomic E-state index is 0.703. The van der Waals surface area contributed by atoms with Gasteiger partial charge in [0.15, 0.2) is 5.82 Å². The lowest BCUT2D eigenvalue weighted by Gasteiger charge is -2.12. The fourth-order valence-corrected chi connectivity index (χ4v) is 6.08. The van der Waals surface area contributed by atoms with Crippen LogP contribution in [0.4, 0.5) is 0 Å². The highest BCUT2D eigenvalue weighted by Crippen LogP contribution is 2.34. The molecule has 0 aliphatic rings. The molecule has 3 aromatic heterocycles. The van der Waals surface area contributed by atoms with E-state index in [4.69, 9.17) is 19.9 Å². The number of pyridine rings is 2. The normalized spacial score (nSPS) is 11.3. The third-order valence-corrected chi connectivity index (χ3v) is 8.44. The lowest BCUT2D eigenvalue weighted by atomic mass is 9.97. The molecule has 218 valence electrons.